The standard InChI is InChI=1S/C23H37N7O2/c1-4-22-27-26-19-30(22)13-12-25-23(24-11-6-18-32-5-2)29-16-14-28(15-17-29)20-7-9-21(31-3)10-8-20/h7-10,19H,4-6,11-18H2,1-3H3,(H,24,25). The lowest BCUT2D eigenvalue weighted by Crippen LogP contribution is -2.53. The van der Waals surface area contributed by atoms with Gasteiger partial charge in [0.25, 0.3) is 0 Å². The van der Waals surface area contributed by atoms with Gasteiger partial charge >= 0.3 is 0 Å². The van der Waals surface area contributed by atoms with Crippen molar-refractivity contribution in [3.8, 4) is 5.75 Å². The summed E-state index contributed by atoms with van der Waals surface area (Å²) in [5.41, 5.74) is 1.23. The van der Waals surface area contributed by atoms with E-state index >= 15 is 0 Å². The van der Waals surface area contributed by atoms with E-state index in [0.717, 1.165) is 89.4 Å². The summed E-state index contributed by atoms with van der Waals surface area (Å²) in [5, 5.41) is 11.8. The van der Waals surface area contributed by atoms with Crippen LogP contribution in [-0.2, 0) is 17.7 Å². The summed E-state index contributed by atoms with van der Waals surface area (Å²) in [6.07, 6.45) is 3.61. The Hall–Kier alpha value is -2.81. The number of hydrogen-bond donors (Lipinski definition) is 1. The molecule has 2 heterocycles. The molecule has 0 spiro atoms. The lowest BCUT2D eigenvalue weighted by atomic mass is 10.2. The molecule has 1 aromatic heterocycles. The third-order valence-electron chi connectivity index (χ3n) is 5.58. The number of methoxy groups -OCH3 is 1. The van der Waals surface area contributed by atoms with Crippen LogP contribution in [0.15, 0.2) is 35.6 Å². The van der Waals surface area contributed by atoms with Crippen molar-refractivity contribution in [3.63, 3.8) is 0 Å². The molecule has 3 rings (SSSR count). The van der Waals surface area contributed by atoms with E-state index in [1.165, 1.54) is 5.69 Å². The fourth-order valence-corrected chi connectivity index (χ4v) is 3.76. The molecule has 32 heavy (non-hydrogen) atoms. The first kappa shape index (κ1) is 23.8. The molecule has 1 N–H and O–H groups in total. The molecule has 0 saturated carbocycles. The Morgan fingerprint density at radius 2 is 1.91 bits per heavy atom. The molecule has 0 radical (unpaired) electrons. The van der Waals surface area contributed by atoms with E-state index in [0.29, 0.717) is 0 Å². The average Bonchev–Trinajstić information content (AvgIpc) is 3.30. The lowest BCUT2D eigenvalue weighted by Gasteiger charge is -2.38. The summed E-state index contributed by atoms with van der Waals surface area (Å²) < 4.78 is 12.8. The first-order chi connectivity index (χ1) is 15.7. The van der Waals surface area contributed by atoms with Crippen LogP contribution in [0.1, 0.15) is 26.1 Å². The molecule has 1 aromatic carbocycles. The predicted octanol–water partition coefficient (Wildman–Crippen LogP) is 2.04. The summed E-state index contributed by atoms with van der Waals surface area (Å²) in [6, 6.07) is 8.29. The van der Waals surface area contributed by atoms with Crippen LogP contribution in [-0.4, -0.2) is 85.2 Å². The molecule has 0 bridgehead atoms. The van der Waals surface area contributed by atoms with Gasteiger partial charge in [-0.1, -0.05) is 6.92 Å². The Kier molecular flexibility index (Phi) is 9.61. The first-order valence-corrected chi connectivity index (χ1v) is 11.6. The zero-order valence-corrected chi connectivity index (χ0v) is 19.7. The number of hydrogen-bond acceptors (Lipinski definition) is 6. The third kappa shape index (κ3) is 6.85. The highest BCUT2D eigenvalue weighted by Crippen LogP contribution is 2.20. The second kappa shape index (κ2) is 12.9. The van der Waals surface area contributed by atoms with Gasteiger partial charge in [0.05, 0.1) is 7.11 Å². The SMILES string of the molecule is CCOCCCN=C(NCCn1cnnc1CC)N1CCN(c2ccc(OC)cc2)CC1. The average molecular weight is 444 g/mol. The minimum Gasteiger partial charge on any atom is -0.497 e. The van der Waals surface area contributed by atoms with Crippen LogP contribution in [0.25, 0.3) is 0 Å². The van der Waals surface area contributed by atoms with E-state index in [1.807, 2.05) is 19.1 Å². The molecule has 1 aliphatic heterocycles. The molecular formula is C23H37N7O2. The second-order valence-corrected chi connectivity index (χ2v) is 7.65. The van der Waals surface area contributed by atoms with Gasteiger partial charge in [-0.25, -0.2) is 0 Å². The Balaban J connectivity index is 1.55. The Bertz CT molecular complexity index is 814. The van der Waals surface area contributed by atoms with Crippen LogP contribution in [0.3, 0.4) is 0 Å². The smallest absolute Gasteiger partial charge is 0.194 e. The lowest BCUT2D eigenvalue weighted by molar-refractivity contribution is 0.146. The molecule has 0 aliphatic carbocycles. The number of ether oxygens (including phenoxy) is 2. The van der Waals surface area contributed by atoms with E-state index in [4.69, 9.17) is 14.5 Å². The van der Waals surface area contributed by atoms with Crippen molar-refractivity contribution >= 4 is 11.6 Å². The normalized spacial score (nSPS) is 14.7. The highest BCUT2D eigenvalue weighted by molar-refractivity contribution is 5.80. The third-order valence-corrected chi connectivity index (χ3v) is 5.58. The molecular weight excluding hydrogens is 406 g/mol. The fraction of sp³-hybridized carbons (Fsp3) is 0.609. The Labute approximate surface area is 191 Å². The summed E-state index contributed by atoms with van der Waals surface area (Å²) in [6.45, 7) is 11.7. The van der Waals surface area contributed by atoms with Gasteiger partial charge < -0.3 is 29.2 Å². The van der Waals surface area contributed by atoms with Crippen molar-refractivity contribution in [2.24, 2.45) is 4.99 Å². The largest absolute Gasteiger partial charge is 0.497 e. The molecule has 9 nitrogen and oxygen atoms in total. The Morgan fingerprint density at radius 1 is 1.12 bits per heavy atom. The van der Waals surface area contributed by atoms with Gasteiger partial charge in [-0.05, 0) is 37.6 Å². The van der Waals surface area contributed by atoms with Crippen LogP contribution in [0, 0.1) is 0 Å². The minimum atomic E-state index is 0.749. The van der Waals surface area contributed by atoms with E-state index in [9.17, 15) is 0 Å². The maximum Gasteiger partial charge on any atom is 0.194 e. The van der Waals surface area contributed by atoms with Gasteiger partial charge in [0, 0.05) is 71.1 Å². The maximum absolute atomic E-state index is 5.46. The predicted molar refractivity (Wildman–Crippen MR) is 128 cm³/mol. The molecule has 0 unspecified atom stereocenters. The molecule has 1 aliphatic rings. The van der Waals surface area contributed by atoms with Crippen LogP contribution in [0.4, 0.5) is 5.69 Å². The quantitative estimate of drug-likeness (QED) is 0.323. The zero-order chi connectivity index (χ0) is 22.6. The number of nitrogens with zero attached hydrogens (tertiary/aromatic N) is 6. The molecule has 1 fully saturated rings. The number of benzene rings is 1. The second-order valence-electron chi connectivity index (χ2n) is 7.65. The topological polar surface area (TPSA) is 80.0 Å². The monoisotopic (exact) mass is 443 g/mol. The summed E-state index contributed by atoms with van der Waals surface area (Å²) in [7, 11) is 1.70. The van der Waals surface area contributed by atoms with Crippen molar-refractivity contribution in [2.45, 2.75) is 33.2 Å². The molecule has 9 heteroatoms. The highest BCUT2D eigenvalue weighted by Gasteiger charge is 2.20. The van der Waals surface area contributed by atoms with E-state index in [-0.39, 0.29) is 0 Å². The number of piperazine rings is 1. The van der Waals surface area contributed by atoms with Crippen molar-refractivity contribution in [3.05, 3.63) is 36.4 Å². The number of guanidine groups is 1. The van der Waals surface area contributed by atoms with Crippen LogP contribution < -0.4 is 15.0 Å². The summed E-state index contributed by atoms with van der Waals surface area (Å²) in [4.78, 5) is 9.64. The van der Waals surface area contributed by atoms with Crippen LogP contribution in [0.2, 0.25) is 0 Å². The Morgan fingerprint density at radius 3 is 2.59 bits per heavy atom. The van der Waals surface area contributed by atoms with Crippen molar-refractivity contribution in [1.82, 2.24) is 25.0 Å². The molecule has 1 saturated heterocycles. The van der Waals surface area contributed by atoms with E-state index in [2.05, 4.69) is 48.9 Å². The highest BCUT2D eigenvalue weighted by atomic mass is 16.5. The summed E-state index contributed by atoms with van der Waals surface area (Å²) in [5.74, 6) is 2.87. The van der Waals surface area contributed by atoms with Crippen LogP contribution in [0.5, 0.6) is 5.75 Å². The van der Waals surface area contributed by atoms with E-state index < -0.39 is 0 Å². The number of anilines is 1. The molecule has 0 amide bonds. The van der Waals surface area contributed by atoms with Crippen LogP contribution >= 0.6 is 0 Å². The van der Waals surface area contributed by atoms with Gasteiger partial charge in [0.15, 0.2) is 5.96 Å². The first-order valence-electron chi connectivity index (χ1n) is 11.6. The van der Waals surface area contributed by atoms with Gasteiger partial charge in [0.1, 0.15) is 17.9 Å². The number of aliphatic imine (C=N–C) groups is 1. The molecule has 2 aromatic rings. The maximum atomic E-state index is 5.46. The number of aryl methyl sites for hydroxylation is 1. The zero-order valence-electron chi connectivity index (χ0n) is 19.7. The number of nitrogens with one attached hydrogen (secondary N) is 1. The van der Waals surface area contributed by atoms with Gasteiger partial charge in [-0.15, -0.1) is 10.2 Å². The van der Waals surface area contributed by atoms with E-state index in [1.54, 1.807) is 13.4 Å². The minimum absolute atomic E-state index is 0.749. The van der Waals surface area contributed by atoms with Gasteiger partial charge in [0.2, 0.25) is 0 Å². The van der Waals surface area contributed by atoms with Crippen molar-refractivity contribution < 1.29 is 9.47 Å². The molecule has 0 atom stereocenters. The van der Waals surface area contributed by atoms with Gasteiger partial charge in [-0.2, -0.15) is 0 Å². The van der Waals surface area contributed by atoms with Crippen molar-refractivity contribution in [2.75, 3.05) is 64.5 Å². The van der Waals surface area contributed by atoms with Gasteiger partial charge in [-0.3, -0.25) is 4.99 Å². The molecule has 176 valence electrons. The fourth-order valence-electron chi connectivity index (χ4n) is 3.76. The number of aromatic nitrogens is 3. The summed E-state index contributed by atoms with van der Waals surface area (Å²) >= 11 is 0. The number of rotatable bonds is 11. The van der Waals surface area contributed by atoms with Crippen molar-refractivity contribution in [1.29, 1.82) is 0 Å².